The highest BCUT2D eigenvalue weighted by molar-refractivity contribution is 5.83. The number of aliphatic hydroxyl groups is 1. The van der Waals surface area contributed by atoms with Gasteiger partial charge in [-0.3, -0.25) is 4.79 Å². The van der Waals surface area contributed by atoms with Gasteiger partial charge in [0, 0.05) is 13.0 Å². The van der Waals surface area contributed by atoms with Crippen LogP contribution in [0.1, 0.15) is 39.0 Å². The van der Waals surface area contributed by atoms with E-state index in [4.69, 9.17) is 9.84 Å². The summed E-state index contributed by atoms with van der Waals surface area (Å²) in [7, 11) is 0. The highest BCUT2D eigenvalue weighted by Crippen LogP contribution is 2.16. The predicted octanol–water partition coefficient (Wildman–Crippen LogP) is 0.286. The number of carboxylic acids is 1. The van der Waals surface area contributed by atoms with E-state index >= 15 is 0 Å². The second-order valence-corrected chi connectivity index (χ2v) is 4.65. The van der Waals surface area contributed by atoms with Crippen molar-refractivity contribution in [3.63, 3.8) is 0 Å². The van der Waals surface area contributed by atoms with Crippen LogP contribution >= 0.6 is 0 Å². The van der Waals surface area contributed by atoms with Gasteiger partial charge in [0.15, 0.2) is 6.04 Å². The van der Waals surface area contributed by atoms with Crippen molar-refractivity contribution in [2.24, 2.45) is 0 Å². The van der Waals surface area contributed by atoms with Gasteiger partial charge in [0.2, 0.25) is 5.91 Å². The van der Waals surface area contributed by atoms with E-state index < -0.39 is 18.1 Å². The molecule has 6 nitrogen and oxygen atoms in total. The summed E-state index contributed by atoms with van der Waals surface area (Å²) < 4.78 is 5.48. The lowest BCUT2D eigenvalue weighted by Crippen LogP contribution is -2.47. The molecule has 0 bridgehead atoms. The van der Waals surface area contributed by atoms with Crippen LogP contribution in [0.15, 0.2) is 0 Å². The van der Waals surface area contributed by atoms with Gasteiger partial charge in [-0.1, -0.05) is 0 Å². The SMILES string of the molecule is CC(O)C(NC(=O)CCC1CCCCO1)C(=O)O. The van der Waals surface area contributed by atoms with Gasteiger partial charge in [-0.25, -0.2) is 4.79 Å². The average Bonchev–Trinajstić information content (AvgIpc) is 2.34. The molecule has 3 N–H and O–H groups in total. The maximum Gasteiger partial charge on any atom is 0.328 e. The van der Waals surface area contributed by atoms with Crippen LogP contribution in [0.4, 0.5) is 0 Å². The zero-order valence-electron chi connectivity index (χ0n) is 10.6. The Kier molecular flexibility index (Phi) is 6.07. The number of carbonyl (C=O) groups is 2. The van der Waals surface area contributed by atoms with Gasteiger partial charge in [-0.15, -0.1) is 0 Å². The number of carboxylic acid groups (broad SMARTS) is 1. The smallest absolute Gasteiger partial charge is 0.328 e. The van der Waals surface area contributed by atoms with Crippen molar-refractivity contribution in [2.75, 3.05) is 6.61 Å². The minimum atomic E-state index is -1.25. The molecule has 0 aromatic rings. The molecule has 1 fully saturated rings. The molecule has 0 spiro atoms. The van der Waals surface area contributed by atoms with E-state index in [0.717, 1.165) is 25.9 Å². The van der Waals surface area contributed by atoms with E-state index in [1.54, 1.807) is 0 Å². The normalized spacial score (nSPS) is 23.1. The Morgan fingerprint density at radius 1 is 1.44 bits per heavy atom. The van der Waals surface area contributed by atoms with E-state index in [0.29, 0.717) is 6.42 Å². The van der Waals surface area contributed by atoms with Crippen molar-refractivity contribution >= 4 is 11.9 Å². The summed E-state index contributed by atoms with van der Waals surface area (Å²) in [6, 6.07) is -1.25. The van der Waals surface area contributed by atoms with Crippen LogP contribution in [-0.4, -0.2) is 46.9 Å². The van der Waals surface area contributed by atoms with Gasteiger partial charge in [0.25, 0.3) is 0 Å². The zero-order valence-corrected chi connectivity index (χ0v) is 10.6. The van der Waals surface area contributed by atoms with Crippen LogP contribution in [0.5, 0.6) is 0 Å². The Hall–Kier alpha value is -1.14. The van der Waals surface area contributed by atoms with E-state index in [1.807, 2.05) is 0 Å². The molecule has 104 valence electrons. The van der Waals surface area contributed by atoms with E-state index in [1.165, 1.54) is 6.92 Å². The summed E-state index contributed by atoms with van der Waals surface area (Å²) in [6.45, 7) is 2.07. The molecule has 3 atom stereocenters. The van der Waals surface area contributed by atoms with Crippen LogP contribution < -0.4 is 5.32 Å². The first-order valence-electron chi connectivity index (χ1n) is 6.32. The second-order valence-electron chi connectivity index (χ2n) is 4.65. The fourth-order valence-corrected chi connectivity index (χ4v) is 1.96. The second kappa shape index (κ2) is 7.33. The average molecular weight is 259 g/mol. The molecular weight excluding hydrogens is 238 g/mol. The topological polar surface area (TPSA) is 95.9 Å². The van der Waals surface area contributed by atoms with Crippen molar-refractivity contribution in [2.45, 2.75) is 57.3 Å². The van der Waals surface area contributed by atoms with E-state index in [-0.39, 0.29) is 18.4 Å². The van der Waals surface area contributed by atoms with Crippen LogP contribution in [0, 0.1) is 0 Å². The fraction of sp³-hybridized carbons (Fsp3) is 0.833. The molecule has 1 heterocycles. The van der Waals surface area contributed by atoms with Gasteiger partial charge in [0.05, 0.1) is 12.2 Å². The number of ether oxygens (including phenoxy) is 1. The van der Waals surface area contributed by atoms with Crippen molar-refractivity contribution in [3.8, 4) is 0 Å². The Balaban J connectivity index is 2.29. The van der Waals surface area contributed by atoms with Gasteiger partial charge < -0.3 is 20.3 Å². The first-order valence-corrected chi connectivity index (χ1v) is 6.32. The number of aliphatic hydroxyl groups excluding tert-OH is 1. The lowest BCUT2D eigenvalue weighted by atomic mass is 10.0. The summed E-state index contributed by atoms with van der Waals surface area (Å²) in [5.41, 5.74) is 0. The molecule has 0 radical (unpaired) electrons. The van der Waals surface area contributed by atoms with Crippen LogP contribution in [-0.2, 0) is 14.3 Å². The summed E-state index contributed by atoms with van der Waals surface area (Å²) in [5.74, 6) is -1.59. The Labute approximate surface area is 106 Å². The van der Waals surface area contributed by atoms with Crippen molar-refractivity contribution in [1.82, 2.24) is 5.32 Å². The molecule has 6 heteroatoms. The Morgan fingerprint density at radius 3 is 2.67 bits per heavy atom. The molecule has 1 rings (SSSR count). The highest BCUT2D eigenvalue weighted by Gasteiger charge is 2.25. The third kappa shape index (κ3) is 5.01. The molecule has 18 heavy (non-hydrogen) atoms. The summed E-state index contributed by atoms with van der Waals surface area (Å²) in [4.78, 5) is 22.3. The highest BCUT2D eigenvalue weighted by atomic mass is 16.5. The molecule has 1 aliphatic heterocycles. The number of aliphatic carboxylic acids is 1. The van der Waals surface area contributed by atoms with Crippen LogP contribution in [0.2, 0.25) is 0 Å². The minimum Gasteiger partial charge on any atom is -0.480 e. The quantitative estimate of drug-likeness (QED) is 0.637. The molecule has 0 saturated carbocycles. The Bertz CT molecular complexity index is 286. The standard InChI is InChI=1S/C12H21NO5/c1-8(14)11(12(16)17)13-10(15)6-5-9-4-2-3-7-18-9/h8-9,11,14H,2-7H2,1H3,(H,13,15)(H,16,17). The first-order chi connectivity index (χ1) is 8.50. The number of carbonyl (C=O) groups excluding carboxylic acids is 1. The van der Waals surface area contributed by atoms with Gasteiger partial charge in [0.1, 0.15) is 0 Å². The van der Waals surface area contributed by atoms with E-state index in [2.05, 4.69) is 5.32 Å². The number of hydrogen-bond acceptors (Lipinski definition) is 4. The summed E-state index contributed by atoms with van der Waals surface area (Å²) in [5, 5.41) is 20.3. The van der Waals surface area contributed by atoms with Gasteiger partial charge in [-0.2, -0.15) is 0 Å². The fourth-order valence-electron chi connectivity index (χ4n) is 1.96. The Morgan fingerprint density at radius 2 is 2.17 bits per heavy atom. The molecular formula is C12H21NO5. The van der Waals surface area contributed by atoms with Crippen molar-refractivity contribution < 1.29 is 24.5 Å². The summed E-state index contributed by atoms with van der Waals surface area (Å²) in [6.07, 6.45) is 2.92. The number of nitrogens with one attached hydrogen (secondary N) is 1. The number of hydrogen-bond donors (Lipinski definition) is 3. The molecule has 0 aromatic carbocycles. The largest absolute Gasteiger partial charge is 0.480 e. The zero-order chi connectivity index (χ0) is 13.5. The van der Waals surface area contributed by atoms with E-state index in [9.17, 15) is 14.7 Å². The van der Waals surface area contributed by atoms with Crippen LogP contribution in [0.3, 0.4) is 0 Å². The number of rotatable bonds is 6. The lowest BCUT2D eigenvalue weighted by Gasteiger charge is -2.23. The minimum absolute atomic E-state index is 0.0966. The van der Waals surface area contributed by atoms with Crippen molar-refractivity contribution in [1.29, 1.82) is 0 Å². The monoisotopic (exact) mass is 259 g/mol. The third-order valence-electron chi connectivity index (χ3n) is 3.03. The van der Waals surface area contributed by atoms with Crippen molar-refractivity contribution in [3.05, 3.63) is 0 Å². The van der Waals surface area contributed by atoms with Gasteiger partial charge in [-0.05, 0) is 32.6 Å². The summed E-state index contributed by atoms with van der Waals surface area (Å²) >= 11 is 0. The molecule has 1 aliphatic rings. The molecule has 0 aliphatic carbocycles. The third-order valence-corrected chi connectivity index (χ3v) is 3.03. The van der Waals surface area contributed by atoms with Crippen LogP contribution in [0.25, 0.3) is 0 Å². The maximum atomic E-state index is 11.6. The molecule has 1 saturated heterocycles. The van der Waals surface area contributed by atoms with Gasteiger partial charge >= 0.3 is 5.97 Å². The predicted molar refractivity (Wildman–Crippen MR) is 64.1 cm³/mol. The number of amides is 1. The molecule has 0 aromatic heterocycles. The first kappa shape index (κ1) is 14.9. The molecule has 3 unspecified atom stereocenters. The molecule has 1 amide bonds. The lowest BCUT2D eigenvalue weighted by molar-refractivity contribution is -0.144. The maximum absolute atomic E-state index is 11.6.